The summed E-state index contributed by atoms with van der Waals surface area (Å²) in [5, 5.41) is 0. The summed E-state index contributed by atoms with van der Waals surface area (Å²) in [6.45, 7) is 13.7. The van der Waals surface area contributed by atoms with Gasteiger partial charge in [0.25, 0.3) is 0 Å². The number of ether oxygens (including phenoxy) is 2. The van der Waals surface area contributed by atoms with E-state index in [2.05, 4.69) is 61.5 Å². The maximum atomic E-state index is 5.79. The van der Waals surface area contributed by atoms with Gasteiger partial charge in [0.1, 0.15) is 6.33 Å². The summed E-state index contributed by atoms with van der Waals surface area (Å²) in [6, 6.07) is 1.93. The Labute approximate surface area is 143 Å². The van der Waals surface area contributed by atoms with Gasteiger partial charge in [0.2, 0.25) is 0 Å². The van der Waals surface area contributed by atoms with E-state index in [1.807, 2.05) is 6.07 Å². The highest BCUT2D eigenvalue weighted by molar-refractivity contribution is 6.05. The van der Waals surface area contributed by atoms with E-state index >= 15 is 0 Å². The lowest BCUT2D eigenvalue weighted by Gasteiger charge is -2.22. The standard InChI is InChI=1S/C18H26N4O2/c1-17(2,3)15-21-13(8-23-15)11-7-12(20-10-19-11)14-9-24-16(22-14)18(4,5)6/h7,10,15-16H,8-9H2,1-6H3/t15-,16-/m1/s1. The number of aromatic nitrogens is 2. The van der Waals surface area contributed by atoms with Crippen LogP contribution in [0.1, 0.15) is 52.9 Å². The summed E-state index contributed by atoms with van der Waals surface area (Å²) in [5.41, 5.74) is 3.28. The van der Waals surface area contributed by atoms with Gasteiger partial charge in [0.15, 0.2) is 12.5 Å². The highest BCUT2D eigenvalue weighted by Gasteiger charge is 2.32. The fourth-order valence-corrected chi connectivity index (χ4v) is 2.59. The normalized spacial score (nSPS) is 24.9. The van der Waals surface area contributed by atoms with Gasteiger partial charge in [-0.2, -0.15) is 0 Å². The fraction of sp³-hybridized carbons (Fsp3) is 0.667. The molecular formula is C18H26N4O2. The van der Waals surface area contributed by atoms with Crippen LogP contribution in [0.3, 0.4) is 0 Å². The van der Waals surface area contributed by atoms with Crippen molar-refractivity contribution in [3.8, 4) is 0 Å². The smallest absolute Gasteiger partial charge is 0.154 e. The molecule has 1 aromatic heterocycles. The van der Waals surface area contributed by atoms with Crippen molar-refractivity contribution in [1.82, 2.24) is 9.97 Å². The molecule has 0 bridgehead atoms. The quantitative estimate of drug-likeness (QED) is 0.836. The molecule has 0 spiro atoms. The van der Waals surface area contributed by atoms with Crippen LogP contribution in [0.15, 0.2) is 22.4 Å². The topological polar surface area (TPSA) is 69.0 Å². The third kappa shape index (κ3) is 3.54. The lowest BCUT2D eigenvalue weighted by molar-refractivity contribution is 0.0255. The van der Waals surface area contributed by atoms with Crippen LogP contribution in [0, 0.1) is 10.8 Å². The molecule has 3 rings (SSSR count). The maximum absolute atomic E-state index is 5.79. The first-order valence-electron chi connectivity index (χ1n) is 8.34. The Kier molecular flexibility index (Phi) is 4.30. The molecule has 2 atom stereocenters. The Hall–Kier alpha value is -1.66. The molecule has 2 aliphatic heterocycles. The van der Waals surface area contributed by atoms with E-state index in [1.54, 1.807) is 6.33 Å². The van der Waals surface area contributed by atoms with Gasteiger partial charge in [0, 0.05) is 10.8 Å². The van der Waals surface area contributed by atoms with Crippen LogP contribution >= 0.6 is 0 Å². The molecule has 3 heterocycles. The Balaban J connectivity index is 1.84. The van der Waals surface area contributed by atoms with Crippen LogP contribution in [0.5, 0.6) is 0 Å². The number of hydrogen-bond acceptors (Lipinski definition) is 6. The largest absolute Gasteiger partial charge is 0.350 e. The van der Waals surface area contributed by atoms with Crippen molar-refractivity contribution in [2.24, 2.45) is 20.8 Å². The Bertz CT molecular complexity index is 628. The van der Waals surface area contributed by atoms with Crippen LogP contribution in [-0.2, 0) is 9.47 Å². The molecule has 130 valence electrons. The summed E-state index contributed by atoms with van der Waals surface area (Å²) in [6.07, 6.45) is 1.29. The first-order chi connectivity index (χ1) is 11.1. The average Bonchev–Trinajstić information content (AvgIpc) is 3.16. The van der Waals surface area contributed by atoms with Gasteiger partial charge >= 0.3 is 0 Å². The van der Waals surface area contributed by atoms with Crippen molar-refractivity contribution in [3.05, 3.63) is 23.8 Å². The minimum atomic E-state index is -0.136. The van der Waals surface area contributed by atoms with E-state index in [0.717, 1.165) is 22.8 Å². The molecule has 0 saturated heterocycles. The molecule has 6 nitrogen and oxygen atoms in total. The monoisotopic (exact) mass is 330 g/mol. The van der Waals surface area contributed by atoms with Crippen molar-refractivity contribution in [1.29, 1.82) is 0 Å². The van der Waals surface area contributed by atoms with Gasteiger partial charge in [-0.1, -0.05) is 41.5 Å². The summed E-state index contributed by atoms with van der Waals surface area (Å²) < 4.78 is 11.6. The molecule has 1 aromatic rings. The number of nitrogens with zero attached hydrogens (tertiary/aromatic N) is 4. The first kappa shape index (κ1) is 17.2. The first-order valence-corrected chi connectivity index (χ1v) is 8.34. The zero-order valence-electron chi connectivity index (χ0n) is 15.3. The van der Waals surface area contributed by atoms with E-state index < -0.39 is 0 Å². The number of rotatable bonds is 2. The Morgan fingerprint density at radius 1 is 0.792 bits per heavy atom. The Morgan fingerprint density at radius 3 is 1.54 bits per heavy atom. The van der Waals surface area contributed by atoms with Gasteiger partial charge in [-0.25, -0.2) is 9.97 Å². The van der Waals surface area contributed by atoms with Gasteiger partial charge in [-0.05, 0) is 6.07 Å². The van der Waals surface area contributed by atoms with Gasteiger partial charge < -0.3 is 9.47 Å². The lowest BCUT2D eigenvalue weighted by Crippen LogP contribution is -2.24. The van der Waals surface area contributed by atoms with Crippen molar-refractivity contribution >= 4 is 11.4 Å². The summed E-state index contributed by atoms with van der Waals surface area (Å²) in [4.78, 5) is 18.1. The molecular weight excluding hydrogens is 304 g/mol. The van der Waals surface area contributed by atoms with Gasteiger partial charge in [0.05, 0.1) is 36.0 Å². The molecule has 0 amide bonds. The van der Waals surface area contributed by atoms with Crippen LogP contribution in [-0.4, -0.2) is 47.1 Å². The van der Waals surface area contributed by atoms with Crippen molar-refractivity contribution in [2.45, 2.75) is 54.0 Å². The number of aliphatic imine (C=N–C) groups is 2. The van der Waals surface area contributed by atoms with Crippen molar-refractivity contribution in [2.75, 3.05) is 13.2 Å². The van der Waals surface area contributed by atoms with Crippen molar-refractivity contribution in [3.63, 3.8) is 0 Å². The van der Waals surface area contributed by atoms with Crippen LogP contribution in [0.25, 0.3) is 0 Å². The molecule has 0 radical (unpaired) electrons. The minimum Gasteiger partial charge on any atom is -0.350 e. The lowest BCUT2D eigenvalue weighted by atomic mass is 9.95. The highest BCUT2D eigenvalue weighted by atomic mass is 16.5. The minimum absolute atomic E-state index is 0.0269. The third-order valence-corrected chi connectivity index (χ3v) is 4.04. The zero-order valence-corrected chi connectivity index (χ0v) is 15.3. The SMILES string of the molecule is CC(C)(C)[C@@H]1N=C(c2cc(C3=N[C@@H](C(C)(C)C)OC3)ncn2)CO1. The zero-order chi connectivity index (χ0) is 17.5. The molecule has 0 aliphatic carbocycles. The van der Waals surface area contributed by atoms with Gasteiger partial charge in [-0.3, -0.25) is 9.98 Å². The molecule has 2 aliphatic rings. The van der Waals surface area contributed by atoms with E-state index in [1.165, 1.54) is 0 Å². The van der Waals surface area contributed by atoms with Crippen molar-refractivity contribution < 1.29 is 9.47 Å². The molecule has 24 heavy (non-hydrogen) atoms. The molecule has 6 heteroatoms. The van der Waals surface area contributed by atoms with Crippen LogP contribution in [0.4, 0.5) is 0 Å². The molecule has 0 unspecified atom stereocenters. The fourth-order valence-electron chi connectivity index (χ4n) is 2.59. The molecule has 0 aromatic carbocycles. The van der Waals surface area contributed by atoms with Crippen LogP contribution < -0.4 is 0 Å². The molecule has 0 saturated carbocycles. The molecule has 0 fully saturated rings. The Morgan fingerprint density at radius 2 is 1.21 bits per heavy atom. The summed E-state index contributed by atoms with van der Waals surface area (Å²) >= 11 is 0. The van der Waals surface area contributed by atoms with Crippen LogP contribution in [0.2, 0.25) is 0 Å². The second-order valence-electron chi connectivity index (χ2n) is 8.50. The highest BCUT2D eigenvalue weighted by Crippen LogP contribution is 2.29. The van der Waals surface area contributed by atoms with E-state index in [4.69, 9.17) is 9.47 Å². The van der Waals surface area contributed by atoms with E-state index in [0.29, 0.717) is 13.2 Å². The predicted molar refractivity (Wildman–Crippen MR) is 93.5 cm³/mol. The third-order valence-electron chi connectivity index (χ3n) is 4.04. The number of hydrogen-bond donors (Lipinski definition) is 0. The van der Waals surface area contributed by atoms with Gasteiger partial charge in [-0.15, -0.1) is 0 Å². The predicted octanol–water partition coefficient (Wildman–Crippen LogP) is 2.86. The average molecular weight is 330 g/mol. The summed E-state index contributed by atoms with van der Waals surface area (Å²) in [5.74, 6) is 0. The molecule has 0 N–H and O–H groups in total. The summed E-state index contributed by atoms with van der Waals surface area (Å²) in [7, 11) is 0. The maximum Gasteiger partial charge on any atom is 0.154 e. The second kappa shape index (κ2) is 6.01. The second-order valence-corrected chi connectivity index (χ2v) is 8.50. The van der Waals surface area contributed by atoms with E-state index in [-0.39, 0.29) is 23.3 Å². The van der Waals surface area contributed by atoms with E-state index in [9.17, 15) is 0 Å².